The minimum Gasteiger partial charge on any atom is -0.389 e. The first kappa shape index (κ1) is 18.5. The van der Waals surface area contributed by atoms with E-state index in [1.165, 1.54) is 10.5 Å². The first-order valence-electron chi connectivity index (χ1n) is 7.31. The van der Waals surface area contributed by atoms with Crippen molar-refractivity contribution >= 4 is 46.6 Å². The van der Waals surface area contributed by atoms with Crippen LogP contribution >= 0.6 is 35.6 Å². The van der Waals surface area contributed by atoms with Gasteiger partial charge in [-0.15, -0.1) is 11.8 Å². The predicted octanol–water partition coefficient (Wildman–Crippen LogP) is 5.44. The van der Waals surface area contributed by atoms with Gasteiger partial charge in [-0.2, -0.15) is 5.26 Å². The van der Waals surface area contributed by atoms with Crippen molar-refractivity contribution in [1.29, 1.82) is 5.26 Å². The molecular weight excluding hydrogens is 356 g/mol. The highest BCUT2D eigenvalue weighted by Gasteiger charge is 2.08. The van der Waals surface area contributed by atoms with E-state index in [4.69, 9.17) is 34.8 Å². The van der Waals surface area contributed by atoms with Crippen molar-refractivity contribution in [3.63, 3.8) is 0 Å². The first-order chi connectivity index (χ1) is 11.4. The number of aryl methyl sites for hydroxylation is 1. The van der Waals surface area contributed by atoms with Crippen molar-refractivity contribution in [3.05, 3.63) is 69.2 Å². The third-order valence-corrected chi connectivity index (χ3v) is 5.13. The van der Waals surface area contributed by atoms with Gasteiger partial charge in [0.05, 0.1) is 5.57 Å². The van der Waals surface area contributed by atoms with Gasteiger partial charge in [-0.25, -0.2) is 0 Å². The summed E-state index contributed by atoms with van der Waals surface area (Å²) in [6, 6.07) is 14.1. The van der Waals surface area contributed by atoms with Crippen molar-refractivity contribution in [2.24, 2.45) is 5.73 Å². The number of benzene rings is 2. The van der Waals surface area contributed by atoms with E-state index in [-0.39, 0.29) is 4.99 Å². The van der Waals surface area contributed by atoms with Crippen molar-refractivity contribution in [2.75, 3.05) is 0 Å². The first-order valence-corrected chi connectivity index (χ1v) is 9.08. The molecule has 2 rings (SSSR count). The van der Waals surface area contributed by atoms with Crippen LogP contribution in [0.4, 0.5) is 0 Å². The maximum absolute atomic E-state index is 9.16. The molecule has 2 N–H and O–H groups in total. The lowest BCUT2D eigenvalue weighted by Crippen LogP contribution is -2.10. The Balaban J connectivity index is 2.30. The van der Waals surface area contributed by atoms with Crippen LogP contribution < -0.4 is 5.73 Å². The van der Waals surface area contributed by atoms with Crippen molar-refractivity contribution in [1.82, 2.24) is 0 Å². The molecule has 0 aliphatic carbocycles. The van der Waals surface area contributed by atoms with Gasteiger partial charge >= 0.3 is 0 Å². The summed E-state index contributed by atoms with van der Waals surface area (Å²) in [5.74, 6) is 0.838. The van der Waals surface area contributed by atoms with Gasteiger partial charge in [0.25, 0.3) is 0 Å². The Morgan fingerprint density at radius 3 is 2.54 bits per heavy atom. The fraction of sp³-hybridized carbons (Fsp3) is 0.158. The fourth-order valence-electron chi connectivity index (χ4n) is 2.27. The number of halogens is 1. The quantitative estimate of drug-likeness (QED) is 0.328. The lowest BCUT2D eigenvalue weighted by molar-refractivity contribution is 1.25. The van der Waals surface area contributed by atoms with E-state index in [0.717, 1.165) is 27.5 Å². The van der Waals surface area contributed by atoms with E-state index in [1.54, 1.807) is 17.8 Å². The third kappa shape index (κ3) is 4.85. The monoisotopic (exact) mass is 372 g/mol. The molecule has 0 atom stereocenters. The summed E-state index contributed by atoms with van der Waals surface area (Å²) >= 11 is 12.6. The molecule has 0 spiro atoms. The molecule has 0 saturated carbocycles. The summed E-state index contributed by atoms with van der Waals surface area (Å²) in [6.07, 6.45) is 1.77. The van der Waals surface area contributed by atoms with Crippen LogP contribution in [0, 0.1) is 25.2 Å². The zero-order valence-electron chi connectivity index (χ0n) is 13.5. The summed E-state index contributed by atoms with van der Waals surface area (Å²) in [7, 11) is 0. The smallest absolute Gasteiger partial charge is 0.114 e. The highest BCUT2D eigenvalue weighted by Crippen LogP contribution is 2.28. The molecule has 0 aliphatic rings. The molecule has 2 aromatic carbocycles. The second kappa shape index (κ2) is 8.34. The van der Waals surface area contributed by atoms with Crippen molar-refractivity contribution in [3.8, 4) is 6.07 Å². The number of thioether (sulfide) groups is 1. The van der Waals surface area contributed by atoms with Crippen LogP contribution in [-0.2, 0) is 5.75 Å². The Morgan fingerprint density at radius 2 is 1.96 bits per heavy atom. The molecule has 0 amide bonds. The zero-order valence-corrected chi connectivity index (χ0v) is 15.9. The molecule has 2 aromatic rings. The topological polar surface area (TPSA) is 49.8 Å². The summed E-state index contributed by atoms with van der Waals surface area (Å²) in [6.45, 7) is 4.09. The van der Waals surface area contributed by atoms with E-state index < -0.39 is 0 Å². The molecule has 122 valence electrons. The van der Waals surface area contributed by atoms with E-state index in [0.29, 0.717) is 5.57 Å². The minimum atomic E-state index is 0.121. The molecule has 0 saturated heterocycles. The normalized spacial score (nSPS) is 11.2. The molecule has 24 heavy (non-hydrogen) atoms. The zero-order chi connectivity index (χ0) is 17.7. The number of nitrogens with zero attached hydrogens (tertiary/aromatic N) is 1. The standard InChI is InChI=1S/C19H17ClN2S2/c1-12-7-14(9-15(10-21)19(22)23)13(2)16(8-12)11-24-18-5-3-17(20)4-6-18/h3-9H,11H2,1-2H3,(H2,22,23). The number of rotatable bonds is 5. The van der Waals surface area contributed by atoms with Crippen LogP contribution in [0.2, 0.25) is 5.02 Å². The van der Waals surface area contributed by atoms with E-state index in [1.807, 2.05) is 37.3 Å². The number of nitrogens with two attached hydrogens (primary N) is 1. The van der Waals surface area contributed by atoms with Gasteiger partial charge in [-0.05, 0) is 60.9 Å². The molecule has 5 heteroatoms. The Kier molecular flexibility index (Phi) is 6.44. The molecule has 0 bridgehead atoms. The van der Waals surface area contributed by atoms with Crippen LogP contribution in [0.1, 0.15) is 22.3 Å². The second-order valence-corrected chi connectivity index (χ2v) is 7.34. The number of hydrogen-bond donors (Lipinski definition) is 1. The van der Waals surface area contributed by atoms with Crippen LogP contribution in [0.5, 0.6) is 0 Å². The Hall–Kier alpha value is -1.80. The molecule has 0 fully saturated rings. The highest BCUT2D eigenvalue weighted by atomic mass is 35.5. The van der Waals surface area contributed by atoms with E-state index in [2.05, 4.69) is 19.1 Å². The number of nitriles is 1. The molecular formula is C19H17ClN2S2. The van der Waals surface area contributed by atoms with Gasteiger partial charge in [0.1, 0.15) is 11.1 Å². The van der Waals surface area contributed by atoms with Gasteiger partial charge in [-0.3, -0.25) is 0 Å². The minimum absolute atomic E-state index is 0.121. The lowest BCUT2D eigenvalue weighted by Gasteiger charge is -2.11. The summed E-state index contributed by atoms with van der Waals surface area (Å²) in [5, 5.41) is 9.90. The van der Waals surface area contributed by atoms with Gasteiger partial charge in [0.2, 0.25) is 0 Å². The Bertz CT molecular complexity index is 834. The Labute approximate surface area is 157 Å². The van der Waals surface area contributed by atoms with Crippen molar-refractivity contribution in [2.45, 2.75) is 24.5 Å². The Morgan fingerprint density at radius 1 is 1.29 bits per heavy atom. The maximum atomic E-state index is 9.16. The van der Waals surface area contributed by atoms with Crippen LogP contribution in [0.25, 0.3) is 6.08 Å². The SMILES string of the molecule is Cc1cc(C=C(C#N)C(N)=S)c(C)c(CSc2ccc(Cl)cc2)c1. The molecule has 0 unspecified atom stereocenters. The second-order valence-electron chi connectivity index (χ2n) is 5.41. The summed E-state index contributed by atoms with van der Waals surface area (Å²) in [5.41, 5.74) is 10.4. The highest BCUT2D eigenvalue weighted by molar-refractivity contribution is 7.98. The average Bonchev–Trinajstić information content (AvgIpc) is 2.55. The van der Waals surface area contributed by atoms with Crippen LogP contribution in [0.3, 0.4) is 0 Å². The number of thiocarbonyl (C=S) groups is 1. The van der Waals surface area contributed by atoms with Gasteiger partial charge in [0.15, 0.2) is 0 Å². The molecule has 2 nitrogen and oxygen atoms in total. The number of hydrogen-bond acceptors (Lipinski definition) is 3. The van der Waals surface area contributed by atoms with Gasteiger partial charge < -0.3 is 5.73 Å². The largest absolute Gasteiger partial charge is 0.389 e. The molecule has 0 aliphatic heterocycles. The van der Waals surface area contributed by atoms with Crippen LogP contribution in [-0.4, -0.2) is 4.99 Å². The van der Waals surface area contributed by atoms with Crippen LogP contribution in [0.15, 0.2) is 46.9 Å². The molecule has 0 heterocycles. The van der Waals surface area contributed by atoms with Gasteiger partial charge in [0, 0.05) is 15.7 Å². The molecule has 0 radical (unpaired) electrons. The summed E-state index contributed by atoms with van der Waals surface area (Å²) < 4.78 is 0. The van der Waals surface area contributed by atoms with Gasteiger partial charge in [-0.1, -0.05) is 41.5 Å². The third-order valence-electron chi connectivity index (χ3n) is 3.59. The predicted molar refractivity (Wildman–Crippen MR) is 107 cm³/mol. The average molecular weight is 373 g/mol. The molecule has 0 aromatic heterocycles. The van der Waals surface area contributed by atoms with E-state index in [9.17, 15) is 0 Å². The maximum Gasteiger partial charge on any atom is 0.114 e. The summed E-state index contributed by atoms with van der Waals surface area (Å²) in [4.78, 5) is 1.29. The fourth-order valence-corrected chi connectivity index (χ4v) is 3.45. The van der Waals surface area contributed by atoms with E-state index >= 15 is 0 Å². The van der Waals surface area contributed by atoms with Crippen molar-refractivity contribution < 1.29 is 0 Å². The lowest BCUT2D eigenvalue weighted by atomic mass is 9.98.